The standard InChI is InChI=1S/C11H13BrClN3O3S/c1-7(17)15-9-2-3-16(6-9)20(18,19)10-4-8(12)5-14-11(10)13/h4-5,9H,2-3,6H2,1H3,(H,15,17). The average Bonchev–Trinajstić information content (AvgIpc) is 2.80. The van der Waals surface area contributed by atoms with Crippen LogP contribution in [0.3, 0.4) is 0 Å². The fourth-order valence-electron chi connectivity index (χ4n) is 2.08. The van der Waals surface area contributed by atoms with E-state index in [9.17, 15) is 13.2 Å². The van der Waals surface area contributed by atoms with Gasteiger partial charge in [-0.2, -0.15) is 4.31 Å². The van der Waals surface area contributed by atoms with Crippen molar-refractivity contribution in [3.8, 4) is 0 Å². The number of halogens is 2. The van der Waals surface area contributed by atoms with Gasteiger partial charge in [-0.25, -0.2) is 13.4 Å². The Hall–Kier alpha value is -0.700. The fraction of sp³-hybridized carbons (Fsp3) is 0.455. The number of rotatable bonds is 3. The topological polar surface area (TPSA) is 79.4 Å². The van der Waals surface area contributed by atoms with E-state index in [1.54, 1.807) is 0 Å². The maximum atomic E-state index is 12.5. The Morgan fingerprint density at radius 2 is 2.30 bits per heavy atom. The molecule has 1 N–H and O–H groups in total. The zero-order valence-electron chi connectivity index (χ0n) is 10.6. The van der Waals surface area contributed by atoms with E-state index in [0.717, 1.165) is 0 Å². The second-order valence-electron chi connectivity index (χ2n) is 4.49. The minimum atomic E-state index is -3.70. The fourth-order valence-corrected chi connectivity index (χ4v) is 4.50. The first-order chi connectivity index (χ1) is 9.30. The van der Waals surface area contributed by atoms with Crippen molar-refractivity contribution in [2.24, 2.45) is 0 Å². The Kier molecular flexibility index (Phi) is 4.68. The predicted octanol–water partition coefficient (Wildman–Crippen LogP) is 1.40. The third-order valence-corrected chi connectivity index (χ3v) is 5.68. The third kappa shape index (κ3) is 3.30. The number of pyridine rings is 1. The van der Waals surface area contributed by atoms with Gasteiger partial charge in [0.25, 0.3) is 0 Å². The molecule has 1 aromatic rings. The summed E-state index contributed by atoms with van der Waals surface area (Å²) < 4.78 is 26.9. The van der Waals surface area contributed by atoms with Gasteiger partial charge in [0.05, 0.1) is 0 Å². The Morgan fingerprint density at radius 1 is 1.60 bits per heavy atom. The van der Waals surface area contributed by atoms with Crippen LogP contribution in [0.15, 0.2) is 21.6 Å². The van der Waals surface area contributed by atoms with Crippen molar-refractivity contribution in [2.75, 3.05) is 13.1 Å². The highest BCUT2D eigenvalue weighted by atomic mass is 79.9. The van der Waals surface area contributed by atoms with Gasteiger partial charge in [0.15, 0.2) is 0 Å². The van der Waals surface area contributed by atoms with Crippen molar-refractivity contribution in [3.05, 3.63) is 21.9 Å². The van der Waals surface area contributed by atoms with Gasteiger partial charge in [-0.1, -0.05) is 11.6 Å². The van der Waals surface area contributed by atoms with Crippen LogP contribution in [0.25, 0.3) is 0 Å². The molecule has 1 unspecified atom stereocenters. The number of aromatic nitrogens is 1. The summed E-state index contributed by atoms with van der Waals surface area (Å²) in [7, 11) is -3.70. The third-order valence-electron chi connectivity index (χ3n) is 2.95. The largest absolute Gasteiger partial charge is 0.352 e. The molecule has 9 heteroatoms. The molecule has 0 aliphatic carbocycles. The van der Waals surface area contributed by atoms with Gasteiger partial charge < -0.3 is 5.32 Å². The summed E-state index contributed by atoms with van der Waals surface area (Å²) in [5.41, 5.74) is 0. The lowest BCUT2D eigenvalue weighted by Crippen LogP contribution is -2.37. The summed E-state index contributed by atoms with van der Waals surface area (Å²) in [5, 5.41) is 2.66. The van der Waals surface area contributed by atoms with Gasteiger partial charge in [0.2, 0.25) is 15.9 Å². The van der Waals surface area contributed by atoms with Gasteiger partial charge in [-0.15, -0.1) is 0 Å². The van der Waals surface area contributed by atoms with E-state index in [1.165, 1.54) is 23.5 Å². The highest BCUT2D eigenvalue weighted by molar-refractivity contribution is 9.10. The second-order valence-corrected chi connectivity index (χ2v) is 7.67. The lowest BCUT2D eigenvalue weighted by Gasteiger charge is -2.17. The van der Waals surface area contributed by atoms with Crippen LogP contribution in [0, 0.1) is 0 Å². The number of sulfonamides is 1. The summed E-state index contributed by atoms with van der Waals surface area (Å²) >= 11 is 9.05. The number of nitrogens with zero attached hydrogens (tertiary/aromatic N) is 2. The van der Waals surface area contributed by atoms with E-state index in [-0.39, 0.29) is 28.5 Å². The van der Waals surface area contributed by atoms with Gasteiger partial charge in [-0.05, 0) is 28.4 Å². The molecule has 1 fully saturated rings. The van der Waals surface area contributed by atoms with Gasteiger partial charge in [0.1, 0.15) is 10.0 Å². The molecule has 20 heavy (non-hydrogen) atoms. The van der Waals surface area contributed by atoms with Gasteiger partial charge in [-0.3, -0.25) is 4.79 Å². The Labute approximate surface area is 130 Å². The van der Waals surface area contributed by atoms with E-state index in [1.807, 2.05) is 0 Å². The summed E-state index contributed by atoms with van der Waals surface area (Å²) in [6.45, 7) is 1.99. The average molecular weight is 383 g/mol. The Bertz CT molecular complexity index is 638. The molecule has 1 saturated heterocycles. The van der Waals surface area contributed by atoms with Crippen LogP contribution in [-0.4, -0.2) is 42.7 Å². The van der Waals surface area contributed by atoms with Crippen LogP contribution in [0.2, 0.25) is 5.15 Å². The number of nitrogens with one attached hydrogen (secondary N) is 1. The molecule has 2 heterocycles. The van der Waals surface area contributed by atoms with Crippen molar-refractivity contribution < 1.29 is 13.2 Å². The number of carbonyl (C=O) groups excluding carboxylic acids is 1. The SMILES string of the molecule is CC(=O)NC1CCN(S(=O)(=O)c2cc(Br)cnc2Cl)C1. The molecule has 1 atom stereocenters. The van der Waals surface area contributed by atoms with Crippen molar-refractivity contribution in [1.82, 2.24) is 14.6 Å². The minimum Gasteiger partial charge on any atom is -0.352 e. The first-order valence-corrected chi connectivity index (χ1v) is 8.50. The zero-order chi connectivity index (χ0) is 14.9. The van der Waals surface area contributed by atoms with Crippen LogP contribution in [0.4, 0.5) is 0 Å². The van der Waals surface area contributed by atoms with Crippen molar-refractivity contribution in [2.45, 2.75) is 24.3 Å². The quantitative estimate of drug-likeness (QED) is 0.801. The summed E-state index contributed by atoms with van der Waals surface area (Å²) in [5.74, 6) is -0.170. The molecule has 6 nitrogen and oxygen atoms in total. The molecule has 1 aromatic heterocycles. The molecule has 0 saturated carbocycles. The highest BCUT2D eigenvalue weighted by Crippen LogP contribution is 2.27. The van der Waals surface area contributed by atoms with E-state index >= 15 is 0 Å². The first kappa shape index (κ1) is 15.7. The van der Waals surface area contributed by atoms with E-state index in [4.69, 9.17) is 11.6 Å². The normalized spacial score (nSPS) is 20.1. The van der Waals surface area contributed by atoms with Crippen LogP contribution in [0.1, 0.15) is 13.3 Å². The first-order valence-electron chi connectivity index (χ1n) is 5.89. The van der Waals surface area contributed by atoms with Crippen LogP contribution >= 0.6 is 27.5 Å². The van der Waals surface area contributed by atoms with E-state index in [0.29, 0.717) is 17.4 Å². The second kappa shape index (κ2) is 5.97. The molecule has 1 aliphatic rings. The maximum Gasteiger partial charge on any atom is 0.246 e. The van der Waals surface area contributed by atoms with Crippen LogP contribution in [-0.2, 0) is 14.8 Å². The predicted molar refractivity (Wildman–Crippen MR) is 77.9 cm³/mol. The zero-order valence-corrected chi connectivity index (χ0v) is 13.8. The van der Waals surface area contributed by atoms with E-state index in [2.05, 4.69) is 26.2 Å². The maximum absolute atomic E-state index is 12.5. The van der Waals surface area contributed by atoms with Crippen molar-refractivity contribution in [3.63, 3.8) is 0 Å². The van der Waals surface area contributed by atoms with E-state index < -0.39 is 10.0 Å². The lowest BCUT2D eigenvalue weighted by atomic mass is 10.3. The van der Waals surface area contributed by atoms with Gasteiger partial charge >= 0.3 is 0 Å². The van der Waals surface area contributed by atoms with Crippen LogP contribution < -0.4 is 5.32 Å². The minimum absolute atomic E-state index is 0.0305. The number of carbonyl (C=O) groups is 1. The molecule has 0 spiro atoms. The molecule has 2 rings (SSSR count). The smallest absolute Gasteiger partial charge is 0.246 e. The summed E-state index contributed by atoms with van der Waals surface area (Å²) in [6.07, 6.45) is 2.02. The Balaban J connectivity index is 2.24. The summed E-state index contributed by atoms with van der Waals surface area (Å²) in [4.78, 5) is 14.8. The Morgan fingerprint density at radius 3 is 2.95 bits per heavy atom. The molecular weight excluding hydrogens is 370 g/mol. The van der Waals surface area contributed by atoms with Crippen LogP contribution in [0.5, 0.6) is 0 Å². The molecule has 0 radical (unpaired) electrons. The molecule has 0 aromatic carbocycles. The number of amides is 1. The number of hydrogen-bond donors (Lipinski definition) is 1. The molecule has 1 aliphatic heterocycles. The number of hydrogen-bond acceptors (Lipinski definition) is 4. The molecule has 0 bridgehead atoms. The lowest BCUT2D eigenvalue weighted by molar-refractivity contribution is -0.119. The highest BCUT2D eigenvalue weighted by Gasteiger charge is 2.34. The van der Waals surface area contributed by atoms with Crippen molar-refractivity contribution >= 4 is 43.5 Å². The monoisotopic (exact) mass is 381 g/mol. The molecular formula is C11H13BrClN3O3S. The molecule has 1 amide bonds. The van der Waals surface area contributed by atoms with Crippen molar-refractivity contribution in [1.29, 1.82) is 0 Å². The summed E-state index contributed by atoms with van der Waals surface area (Å²) in [6, 6.07) is 1.26. The van der Waals surface area contributed by atoms with Gasteiger partial charge in [0, 0.05) is 36.7 Å². The molecule has 110 valence electrons.